The summed E-state index contributed by atoms with van der Waals surface area (Å²) in [6, 6.07) is 65.1. The van der Waals surface area contributed by atoms with E-state index in [-0.39, 0.29) is 33.4 Å². The van der Waals surface area contributed by atoms with Crippen molar-refractivity contribution in [2.75, 3.05) is 0 Å². The summed E-state index contributed by atoms with van der Waals surface area (Å²) in [5.41, 5.74) is 11.5. The Morgan fingerprint density at radius 3 is 1.61 bits per heavy atom. The Morgan fingerprint density at radius 2 is 0.952 bits per heavy atom. The molecule has 0 fully saturated rings. The maximum absolute atomic E-state index is 9.63. The Bertz CT molecular complexity index is 5510. The van der Waals surface area contributed by atoms with Gasteiger partial charge in [0.2, 0.25) is 0 Å². The van der Waals surface area contributed by atoms with Crippen LogP contribution in [0.2, 0.25) is 0 Å². The van der Waals surface area contributed by atoms with Gasteiger partial charge in [-0.3, -0.25) is 0 Å². The van der Waals surface area contributed by atoms with Crippen molar-refractivity contribution in [1.29, 1.82) is 0 Å². The van der Waals surface area contributed by atoms with Crippen molar-refractivity contribution in [3.05, 3.63) is 288 Å². The average Bonchev–Trinajstić information content (AvgIpc) is 1.70. The second kappa shape index (κ2) is 20.3. The Morgan fingerprint density at radius 1 is 0.386 bits per heavy atom. The molecule has 0 saturated carbocycles. The molecule has 6 nitrogen and oxygen atoms in total. The van der Waals surface area contributed by atoms with Crippen molar-refractivity contribution in [1.82, 2.24) is 23.3 Å². The van der Waals surface area contributed by atoms with E-state index in [2.05, 4.69) is 136 Å². The van der Waals surface area contributed by atoms with Crippen LogP contribution in [0.5, 0.6) is 11.5 Å². The minimum atomic E-state index is -0.582. The Kier molecular flexibility index (Phi) is 9.86. The Labute approximate surface area is 506 Å². The minimum absolute atomic E-state index is 0.148. The van der Waals surface area contributed by atoms with Gasteiger partial charge in [0.1, 0.15) is 0 Å². The first-order valence-electron chi connectivity index (χ1n) is 32.4. The van der Waals surface area contributed by atoms with Crippen molar-refractivity contribution >= 4 is 54.6 Å². The number of imidazole rings is 1. The zero-order valence-corrected chi connectivity index (χ0v) is 47.5. The van der Waals surface area contributed by atoms with Crippen molar-refractivity contribution in [2.24, 2.45) is 0 Å². The zero-order valence-electron chi connectivity index (χ0n) is 55.2. The molecule has 15 aromatic rings. The zero-order chi connectivity index (χ0) is 64.5. The third-order valence-electron chi connectivity index (χ3n) is 15.6. The molecule has 0 amide bonds. The fourth-order valence-electron chi connectivity index (χ4n) is 11.8. The standard InChI is InChI=1S/C76H55N5O.Pt/c1-76(2,3)55-42-43-77-74(45-55)81-70-41-38-54(61-31-14-13-30-60(61)51-22-7-4-8-23-51)44-67(70)64-40-39-59(49-73(64)81)82-58-29-21-28-56(46-58)78-50-79(72-37-20-19-36-71(72)78)75-65(52-24-9-5-10-25-52)47-57(48-66(75)53-26-11-6-12-27-53)80-68-34-17-15-32-62(68)63-33-16-18-35-69(63)80;/h4-49H,1-3H3;/i5D,6D,9D,10D,11D,12D,24D,25D,26D,27D;. The second-order valence-electron chi connectivity index (χ2n) is 21.6. The summed E-state index contributed by atoms with van der Waals surface area (Å²) in [5.74, 6) is 1.85. The predicted molar refractivity (Wildman–Crippen MR) is 339 cm³/mol. The number of para-hydroxylation sites is 4. The molecule has 0 atom stereocenters. The number of ether oxygens (including phenoxy) is 1. The van der Waals surface area contributed by atoms with Gasteiger partial charge in [-0.05, 0) is 39.3 Å². The molecule has 0 spiro atoms. The average molecular weight is 1260 g/mol. The molecular weight excluding hydrogens is 1190 g/mol. The van der Waals surface area contributed by atoms with Crippen LogP contribution in [-0.2, 0) is 24.8 Å². The molecule has 0 unspecified atom stereocenters. The molecule has 15 rings (SSSR count). The number of hydrogen-bond donors (Lipinski definition) is 0. The maximum atomic E-state index is 9.63. The summed E-state index contributed by atoms with van der Waals surface area (Å²) in [6.07, 6.45) is 1.87. The first-order valence-corrected chi connectivity index (χ1v) is 28.5. The van der Waals surface area contributed by atoms with Crippen molar-refractivity contribution in [3.8, 4) is 78.9 Å². The van der Waals surface area contributed by atoms with E-state index in [1.807, 2.05) is 129 Å². The number of rotatable bonds is 10. The molecule has 0 radical (unpaired) electrons. The van der Waals surface area contributed by atoms with Crippen LogP contribution in [0, 0.1) is 3.80 Å². The van der Waals surface area contributed by atoms with Gasteiger partial charge >= 0.3 is 382 Å². The summed E-state index contributed by atoms with van der Waals surface area (Å²) in [4.78, 5) is 5.00. The van der Waals surface area contributed by atoms with E-state index in [9.17, 15) is 5.48 Å². The van der Waals surface area contributed by atoms with Gasteiger partial charge in [0, 0.05) is 6.20 Å². The van der Waals surface area contributed by atoms with E-state index < -0.39 is 60.4 Å². The van der Waals surface area contributed by atoms with Crippen LogP contribution in [-0.4, -0.2) is 23.3 Å². The van der Waals surface area contributed by atoms with E-state index in [1.165, 1.54) is 0 Å². The van der Waals surface area contributed by atoms with Crippen LogP contribution in [0.1, 0.15) is 40.0 Å². The molecule has 4 aromatic heterocycles. The fraction of sp³-hybridized carbons (Fsp3) is 0.0526. The normalized spacial score (nSPS) is 13.6. The molecule has 0 aliphatic rings. The van der Waals surface area contributed by atoms with Crippen LogP contribution in [0.15, 0.2) is 279 Å². The number of benzene rings is 11. The molecule has 4 heterocycles. The Hall–Kier alpha value is -9.87. The van der Waals surface area contributed by atoms with Crippen LogP contribution in [0.4, 0.5) is 0 Å². The van der Waals surface area contributed by atoms with Crippen molar-refractivity contribution in [2.45, 2.75) is 26.2 Å². The van der Waals surface area contributed by atoms with E-state index in [1.54, 1.807) is 12.1 Å². The van der Waals surface area contributed by atoms with Crippen LogP contribution in [0.3, 0.4) is 0 Å². The Balaban J connectivity index is 0.939. The summed E-state index contributed by atoms with van der Waals surface area (Å²) in [6.45, 7) is 6.59. The molecule has 0 saturated heterocycles. The van der Waals surface area contributed by atoms with Gasteiger partial charge in [0.05, 0.1) is 0 Å². The molecule has 11 aromatic carbocycles. The predicted octanol–water partition coefficient (Wildman–Crippen LogP) is 19.8. The molecule has 83 heavy (non-hydrogen) atoms. The summed E-state index contributed by atoms with van der Waals surface area (Å²) in [5, 5.41) is 3.90. The summed E-state index contributed by atoms with van der Waals surface area (Å²) in [7, 11) is 0. The van der Waals surface area contributed by atoms with Gasteiger partial charge in [0.15, 0.2) is 0 Å². The molecule has 0 aliphatic carbocycles. The molecule has 0 N–H and O–H groups in total. The fourth-order valence-corrected chi connectivity index (χ4v) is 12.9. The van der Waals surface area contributed by atoms with Gasteiger partial charge in [-0.25, -0.2) is 0 Å². The topological polar surface area (TPSA) is 41.8 Å². The first kappa shape index (κ1) is 40.3. The third-order valence-corrected chi connectivity index (χ3v) is 16.6. The molecule has 0 aliphatic heterocycles. The van der Waals surface area contributed by atoms with Gasteiger partial charge < -0.3 is 0 Å². The number of pyridine rings is 1. The molecule has 400 valence electrons. The number of nitrogens with zero attached hydrogens (tertiary/aromatic N) is 5. The van der Waals surface area contributed by atoms with E-state index in [0.717, 1.165) is 77.2 Å². The number of hydrogen-bond acceptors (Lipinski definition) is 2. The van der Waals surface area contributed by atoms with Gasteiger partial charge in [-0.2, -0.15) is 0 Å². The number of fused-ring (bicyclic) bond motifs is 7. The summed E-state index contributed by atoms with van der Waals surface area (Å²) >= 11 is 2.22. The van der Waals surface area contributed by atoms with Crippen molar-refractivity contribution < 1.29 is 37.8 Å². The monoisotopic (exact) mass is 1260 g/mol. The second-order valence-corrected chi connectivity index (χ2v) is 22.6. The van der Waals surface area contributed by atoms with Gasteiger partial charge in [0.25, 0.3) is 0 Å². The first-order chi connectivity index (χ1) is 44.9. The van der Waals surface area contributed by atoms with Crippen LogP contribution in [0.25, 0.3) is 122 Å². The SMILES string of the molecule is [2H]c1c([2H])c([2H])c(-c2cc(-n3c4ccccc4c4ccccc43)cc(-c3c([2H])c([2H])c([2H])c([2H])c3[2H])c2-n2[c](=[Pt])n(-c3cccc(Oc4ccc5c6cc(-c7ccccc7-c7ccccc7)ccc6n(-c6cc(C(C)(C)C)ccn6)c5c4)c3)c3ccccc32)c([2H])c1[2H]. The van der Waals surface area contributed by atoms with E-state index in [4.69, 9.17) is 17.9 Å². The molecular formula is C76H55N5OPt. The molecule has 7 heteroatoms. The van der Waals surface area contributed by atoms with Crippen molar-refractivity contribution in [3.63, 3.8) is 0 Å². The van der Waals surface area contributed by atoms with Gasteiger partial charge in [-0.1, -0.05) is 81.4 Å². The van der Waals surface area contributed by atoms with Crippen LogP contribution >= 0.6 is 0 Å². The van der Waals surface area contributed by atoms with E-state index >= 15 is 0 Å². The van der Waals surface area contributed by atoms with E-state index in [0.29, 0.717) is 37.7 Å². The quantitative estimate of drug-likeness (QED) is 0.137. The van der Waals surface area contributed by atoms with Gasteiger partial charge in [-0.15, -0.1) is 0 Å². The molecule has 0 bridgehead atoms. The third kappa shape index (κ3) is 8.68. The summed E-state index contributed by atoms with van der Waals surface area (Å²) < 4.78 is 108. The number of aromatic nitrogens is 5. The van der Waals surface area contributed by atoms with Crippen LogP contribution < -0.4 is 4.74 Å².